The third-order valence-corrected chi connectivity index (χ3v) is 8.34. The van der Waals surface area contributed by atoms with Crippen molar-refractivity contribution in [1.82, 2.24) is 4.98 Å². The number of benzene rings is 1. The summed E-state index contributed by atoms with van der Waals surface area (Å²) in [5.74, 6) is -0.541. The van der Waals surface area contributed by atoms with Crippen molar-refractivity contribution in [3.05, 3.63) is 41.0 Å². The van der Waals surface area contributed by atoms with Crippen LogP contribution in [0.25, 0.3) is 0 Å². The third kappa shape index (κ3) is 5.79. The minimum Gasteiger partial charge on any atom is -0.396 e. The number of carbonyl (C=O) groups excluding carboxylic acids is 1. The van der Waals surface area contributed by atoms with Crippen LogP contribution in [-0.2, 0) is 24.5 Å². The van der Waals surface area contributed by atoms with Gasteiger partial charge in [0.15, 0.2) is 25.5 Å². The van der Waals surface area contributed by atoms with Crippen molar-refractivity contribution in [2.24, 2.45) is 5.92 Å². The lowest BCUT2D eigenvalue weighted by Crippen LogP contribution is -2.24. The number of nitrogens with two attached hydrogens (primary N) is 1. The molecule has 0 bridgehead atoms. The molecule has 1 aliphatic rings. The van der Waals surface area contributed by atoms with Crippen LogP contribution in [-0.4, -0.2) is 40.2 Å². The highest BCUT2D eigenvalue weighted by Crippen LogP contribution is 2.36. The number of anilines is 2. The van der Waals surface area contributed by atoms with Gasteiger partial charge in [0.25, 0.3) is 0 Å². The molecule has 1 unspecified atom stereocenters. The summed E-state index contributed by atoms with van der Waals surface area (Å²) in [7, 11) is -6.98. The summed E-state index contributed by atoms with van der Waals surface area (Å²) >= 11 is 6.22. The number of aromatic nitrogens is 1. The molecule has 1 saturated carbocycles. The Morgan fingerprint density at radius 3 is 2.34 bits per heavy atom. The predicted octanol–water partition coefficient (Wildman–Crippen LogP) is 3.43. The molecule has 1 heterocycles. The van der Waals surface area contributed by atoms with Crippen LogP contribution in [0.4, 0.5) is 11.5 Å². The SMILES string of the molecule is CS(=O)(=O)c1cnc(NC(=O)C(CC2CCCC2)c2ccc(S(C)(=O)=O)c(Cl)c2)c(N)c1. The average Bonchev–Trinajstić information content (AvgIpc) is 3.19. The monoisotopic (exact) mass is 499 g/mol. The maximum Gasteiger partial charge on any atom is 0.233 e. The Morgan fingerprint density at radius 2 is 1.81 bits per heavy atom. The van der Waals surface area contributed by atoms with E-state index in [9.17, 15) is 21.6 Å². The standard InChI is InChI=1S/C21H26ClN3O5S2/c1-31(27,28)15-11-18(23)20(24-12-15)25-21(26)16(9-13-5-3-4-6-13)14-7-8-19(17(22)10-14)32(2,29)30/h7-8,10-13,16H,3-6,9,23H2,1-2H3,(H,24,25,26). The number of hydrogen-bond donors (Lipinski definition) is 2. The van der Waals surface area contributed by atoms with E-state index in [-0.39, 0.29) is 32.2 Å². The van der Waals surface area contributed by atoms with Crippen LogP contribution in [0.3, 0.4) is 0 Å². The van der Waals surface area contributed by atoms with Crippen LogP contribution in [0.1, 0.15) is 43.6 Å². The van der Waals surface area contributed by atoms with Gasteiger partial charge in [-0.05, 0) is 36.1 Å². The van der Waals surface area contributed by atoms with Crippen LogP contribution in [0.15, 0.2) is 40.3 Å². The zero-order valence-electron chi connectivity index (χ0n) is 17.8. The van der Waals surface area contributed by atoms with Gasteiger partial charge in [-0.25, -0.2) is 21.8 Å². The third-order valence-electron chi connectivity index (χ3n) is 5.68. The highest BCUT2D eigenvalue weighted by molar-refractivity contribution is 7.91. The molecule has 1 atom stereocenters. The second-order valence-corrected chi connectivity index (χ2v) is 12.7. The summed E-state index contributed by atoms with van der Waals surface area (Å²) in [5, 5.41) is 2.75. The number of rotatable bonds is 7. The first-order valence-electron chi connectivity index (χ1n) is 10.1. The van der Waals surface area contributed by atoms with Crippen LogP contribution in [0.5, 0.6) is 0 Å². The molecule has 1 amide bonds. The maximum atomic E-state index is 13.2. The van der Waals surface area contributed by atoms with Crippen molar-refractivity contribution in [1.29, 1.82) is 0 Å². The molecular formula is C21H26ClN3O5S2. The second kappa shape index (κ2) is 9.36. The molecular weight excluding hydrogens is 474 g/mol. The smallest absolute Gasteiger partial charge is 0.233 e. The fraction of sp³-hybridized carbons (Fsp3) is 0.429. The van der Waals surface area contributed by atoms with E-state index in [2.05, 4.69) is 10.3 Å². The number of pyridine rings is 1. The Labute approximate surface area is 193 Å². The zero-order chi connectivity index (χ0) is 23.7. The van der Waals surface area contributed by atoms with Crippen LogP contribution in [0.2, 0.25) is 5.02 Å². The Kier molecular flexibility index (Phi) is 7.16. The average molecular weight is 500 g/mol. The molecule has 2 aromatic rings. The van der Waals surface area contributed by atoms with E-state index in [4.69, 9.17) is 17.3 Å². The number of nitrogens with zero attached hydrogens (tertiary/aromatic N) is 1. The fourth-order valence-electron chi connectivity index (χ4n) is 3.98. The molecule has 0 spiro atoms. The Bertz CT molecular complexity index is 1240. The minimum absolute atomic E-state index is 0.00483. The van der Waals surface area contributed by atoms with Crippen molar-refractivity contribution in [3.8, 4) is 0 Å². The first-order valence-corrected chi connectivity index (χ1v) is 14.3. The van der Waals surface area contributed by atoms with E-state index < -0.39 is 25.6 Å². The van der Waals surface area contributed by atoms with Crippen molar-refractivity contribution in [2.45, 2.75) is 47.8 Å². The largest absolute Gasteiger partial charge is 0.396 e. The molecule has 3 rings (SSSR count). The van der Waals surface area contributed by atoms with E-state index in [1.807, 2.05) is 0 Å². The highest BCUT2D eigenvalue weighted by Gasteiger charge is 2.28. The van der Waals surface area contributed by atoms with E-state index in [0.29, 0.717) is 17.9 Å². The minimum atomic E-state index is -3.50. The summed E-state index contributed by atoms with van der Waals surface area (Å²) in [6.07, 6.45) is 8.08. The summed E-state index contributed by atoms with van der Waals surface area (Å²) in [6, 6.07) is 5.78. The van der Waals surface area contributed by atoms with Gasteiger partial charge in [-0.15, -0.1) is 0 Å². The van der Waals surface area contributed by atoms with E-state index in [1.54, 1.807) is 6.07 Å². The van der Waals surface area contributed by atoms with Crippen LogP contribution >= 0.6 is 11.6 Å². The van der Waals surface area contributed by atoms with E-state index >= 15 is 0 Å². The molecule has 3 N–H and O–H groups in total. The van der Waals surface area contributed by atoms with Gasteiger partial charge in [0.1, 0.15) is 0 Å². The molecule has 1 aromatic heterocycles. The van der Waals surface area contributed by atoms with Gasteiger partial charge < -0.3 is 11.1 Å². The summed E-state index contributed by atoms with van der Waals surface area (Å²) in [5.41, 5.74) is 6.56. The maximum absolute atomic E-state index is 13.2. The van der Waals surface area contributed by atoms with Gasteiger partial charge in [-0.1, -0.05) is 43.4 Å². The van der Waals surface area contributed by atoms with Gasteiger partial charge in [0.2, 0.25) is 5.91 Å². The molecule has 174 valence electrons. The molecule has 8 nitrogen and oxygen atoms in total. The quantitative estimate of drug-likeness (QED) is 0.595. The first-order chi connectivity index (χ1) is 14.9. The first kappa shape index (κ1) is 24.5. The number of amides is 1. The zero-order valence-corrected chi connectivity index (χ0v) is 20.2. The Balaban J connectivity index is 1.92. The van der Waals surface area contributed by atoms with Gasteiger partial charge >= 0.3 is 0 Å². The molecule has 1 fully saturated rings. The molecule has 1 aliphatic carbocycles. The fourth-order valence-corrected chi connectivity index (χ4v) is 5.90. The predicted molar refractivity (Wildman–Crippen MR) is 124 cm³/mol. The lowest BCUT2D eigenvalue weighted by Gasteiger charge is -2.21. The normalized spacial score (nSPS) is 16.1. The number of halogens is 1. The molecule has 11 heteroatoms. The molecule has 0 saturated heterocycles. The highest BCUT2D eigenvalue weighted by atomic mass is 35.5. The van der Waals surface area contributed by atoms with Crippen molar-refractivity contribution in [3.63, 3.8) is 0 Å². The molecule has 1 aromatic carbocycles. The van der Waals surface area contributed by atoms with Gasteiger partial charge in [0, 0.05) is 18.7 Å². The lowest BCUT2D eigenvalue weighted by atomic mass is 9.87. The van der Waals surface area contributed by atoms with Crippen molar-refractivity contribution >= 4 is 48.7 Å². The Hall–Kier alpha value is -2.17. The van der Waals surface area contributed by atoms with E-state index in [0.717, 1.165) is 44.4 Å². The van der Waals surface area contributed by atoms with Gasteiger partial charge in [0.05, 0.1) is 26.4 Å². The Morgan fingerprint density at radius 1 is 1.16 bits per heavy atom. The summed E-state index contributed by atoms with van der Waals surface area (Å²) in [6.45, 7) is 0. The summed E-state index contributed by atoms with van der Waals surface area (Å²) in [4.78, 5) is 17.2. The van der Waals surface area contributed by atoms with Crippen molar-refractivity contribution in [2.75, 3.05) is 23.6 Å². The molecule has 0 radical (unpaired) electrons. The number of nitrogen functional groups attached to an aromatic ring is 1. The second-order valence-electron chi connectivity index (χ2n) is 8.27. The topological polar surface area (TPSA) is 136 Å². The lowest BCUT2D eigenvalue weighted by molar-refractivity contribution is -0.118. The van der Waals surface area contributed by atoms with Crippen LogP contribution < -0.4 is 11.1 Å². The number of nitrogens with one attached hydrogen (secondary N) is 1. The summed E-state index contributed by atoms with van der Waals surface area (Å²) < 4.78 is 47.2. The molecule has 0 aliphatic heterocycles. The van der Waals surface area contributed by atoms with Gasteiger partial charge in [-0.3, -0.25) is 4.79 Å². The van der Waals surface area contributed by atoms with Gasteiger partial charge in [-0.2, -0.15) is 0 Å². The molecule has 32 heavy (non-hydrogen) atoms. The van der Waals surface area contributed by atoms with Crippen molar-refractivity contribution < 1.29 is 21.6 Å². The number of hydrogen-bond acceptors (Lipinski definition) is 7. The van der Waals surface area contributed by atoms with E-state index in [1.165, 1.54) is 18.2 Å². The van der Waals surface area contributed by atoms with Crippen LogP contribution in [0, 0.1) is 5.92 Å². The number of carbonyl (C=O) groups is 1. The number of sulfone groups is 2.